The van der Waals surface area contributed by atoms with E-state index in [9.17, 15) is 9.18 Å². The third-order valence-corrected chi connectivity index (χ3v) is 6.42. The predicted molar refractivity (Wildman–Crippen MR) is 137 cm³/mol. The van der Waals surface area contributed by atoms with Crippen LogP contribution in [0.2, 0.25) is 0 Å². The number of nitrogens with one attached hydrogen (secondary N) is 2. The van der Waals surface area contributed by atoms with Crippen LogP contribution in [-0.2, 0) is 14.9 Å². The first-order chi connectivity index (χ1) is 17.5. The van der Waals surface area contributed by atoms with Crippen molar-refractivity contribution in [2.24, 2.45) is 0 Å². The number of aromatic nitrogens is 2. The van der Waals surface area contributed by atoms with Crippen molar-refractivity contribution in [3.8, 4) is 5.75 Å². The number of fused-ring (bicyclic) bond motifs is 2. The first-order valence-corrected chi connectivity index (χ1v) is 11.9. The summed E-state index contributed by atoms with van der Waals surface area (Å²) >= 11 is 0. The summed E-state index contributed by atoms with van der Waals surface area (Å²) in [5, 5.41) is 6.13. The molecule has 1 aliphatic heterocycles. The van der Waals surface area contributed by atoms with Crippen LogP contribution in [0.3, 0.4) is 0 Å². The number of halogens is 1. The summed E-state index contributed by atoms with van der Waals surface area (Å²) < 4.78 is 25.1. The van der Waals surface area contributed by atoms with Gasteiger partial charge in [0, 0.05) is 36.1 Å². The summed E-state index contributed by atoms with van der Waals surface area (Å²) in [6.07, 6.45) is 6.58. The van der Waals surface area contributed by atoms with Gasteiger partial charge in [0.2, 0.25) is 5.95 Å². The molecule has 0 bridgehead atoms. The first-order valence-electron chi connectivity index (χ1n) is 11.9. The third kappa shape index (κ3) is 4.87. The van der Waals surface area contributed by atoms with Crippen LogP contribution in [0.4, 0.5) is 33.2 Å². The lowest BCUT2D eigenvalue weighted by atomic mass is 9.98. The van der Waals surface area contributed by atoms with Crippen LogP contribution in [0.25, 0.3) is 0 Å². The van der Waals surface area contributed by atoms with Crippen LogP contribution in [0.5, 0.6) is 5.75 Å². The van der Waals surface area contributed by atoms with Gasteiger partial charge in [0.05, 0.1) is 12.8 Å². The molecule has 2 aliphatic rings. The van der Waals surface area contributed by atoms with Gasteiger partial charge in [-0.3, -0.25) is 4.79 Å². The Morgan fingerprint density at radius 2 is 1.92 bits per heavy atom. The highest BCUT2D eigenvalue weighted by Gasteiger charge is 2.52. The molecule has 36 heavy (non-hydrogen) atoms. The molecule has 2 N–H and O–H groups in total. The van der Waals surface area contributed by atoms with E-state index in [1.807, 2.05) is 49.4 Å². The number of benzene rings is 2. The Morgan fingerprint density at radius 3 is 2.64 bits per heavy atom. The van der Waals surface area contributed by atoms with E-state index in [4.69, 9.17) is 9.47 Å². The molecule has 3 aromatic rings. The van der Waals surface area contributed by atoms with Gasteiger partial charge in [-0.05, 0) is 67.8 Å². The summed E-state index contributed by atoms with van der Waals surface area (Å²) in [4.78, 5) is 22.8. The smallest absolute Gasteiger partial charge is 0.250 e. The number of ether oxygens (including phenoxy) is 2. The Bertz CT molecular complexity index is 1290. The molecule has 0 saturated heterocycles. The van der Waals surface area contributed by atoms with Crippen LogP contribution in [0.1, 0.15) is 25.3 Å². The van der Waals surface area contributed by atoms with Crippen molar-refractivity contribution < 1.29 is 18.7 Å². The molecular formula is C27H28FN5O3. The van der Waals surface area contributed by atoms with Gasteiger partial charge in [-0.2, -0.15) is 4.98 Å². The SMILES string of the molecule is CC=CC(=O)N1CC2(CC2)c2ccc(Nc3nc(Nc4ccc(OCCOC)cc4)ncc3F)cc21. The minimum absolute atomic E-state index is 0.0393. The van der Waals surface area contributed by atoms with Crippen molar-refractivity contribution in [3.05, 3.63) is 72.2 Å². The Balaban J connectivity index is 1.32. The van der Waals surface area contributed by atoms with Crippen LogP contribution < -0.4 is 20.3 Å². The molecule has 1 amide bonds. The van der Waals surface area contributed by atoms with Crippen molar-refractivity contribution in [2.45, 2.75) is 25.2 Å². The standard InChI is InChI=1S/C27H28FN5O3/c1-3-4-24(34)33-17-27(11-12-27)21-10-7-19(15-23(21)33)30-25-22(28)16-29-26(32-25)31-18-5-8-20(9-6-18)36-14-13-35-2/h3-10,15-16H,11-14,17H2,1-2H3,(H2,29,30,31,32). The van der Waals surface area contributed by atoms with Gasteiger partial charge in [-0.25, -0.2) is 9.37 Å². The van der Waals surface area contributed by atoms with E-state index in [2.05, 4.69) is 20.6 Å². The molecule has 0 radical (unpaired) electrons. The normalized spacial score (nSPS) is 15.2. The molecular weight excluding hydrogens is 461 g/mol. The van der Waals surface area contributed by atoms with E-state index in [1.54, 1.807) is 24.2 Å². The van der Waals surface area contributed by atoms with Crippen LogP contribution in [-0.4, -0.2) is 42.7 Å². The second kappa shape index (κ2) is 9.94. The number of carbonyl (C=O) groups is 1. The second-order valence-corrected chi connectivity index (χ2v) is 8.94. The zero-order valence-electron chi connectivity index (χ0n) is 20.3. The van der Waals surface area contributed by atoms with Gasteiger partial charge >= 0.3 is 0 Å². The van der Waals surface area contributed by atoms with Crippen molar-refractivity contribution in [1.82, 2.24) is 9.97 Å². The molecule has 0 unspecified atom stereocenters. The first kappa shape index (κ1) is 23.7. The summed E-state index contributed by atoms with van der Waals surface area (Å²) in [6.45, 7) is 3.48. The van der Waals surface area contributed by atoms with Gasteiger partial charge in [0.25, 0.3) is 5.91 Å². The molecule has 1 aliphatic carbocycles. The summed E-state index contributed by atoms with van der Waals surface area (Å²) in [5.74, 6) is 0.372. The average Bonchev–Trinajstić information content (AvgIpc) is 3.59. The van der Waals surface area contributed by atoms with Gasteiger partial charge in [-0.15, -0.1) is 0 Å². The fourth-order valence-electron chi connectivity index (χ4n) is 4.42. The fourth-order valence-corrected chi connectivity index (χ4v) is 4.42. The highest BCUT2D eigenvalue weighted by atomic mass is 19.1. The zero-order chi connectivity index (χ0) is 25.1. The zero-order valence-corrected chi connectivity index (χ0v) is 20.3. The number of rotatable bonds is 9. The van der Waals surface area contributed by atoms with E-state index in [0.717, 1.165) is 30.4 Å². The summed E-state index contributed by atoms with van der Waals surface area (Å²) in [7, 11) is 1.62. The number of carbonyl (C=O) groups excluding carboxylic acids is 1. The molecule has 8 nitrogen and oxygen atoms in total. The number of hydrogen-bond donors (Lipinski definition) is 2. The van der Waals surface area contributed by atoms with E-state index in [-0.39, 0.29) is 23.1 Å². The number of nitrogens with zero attached hydrogens (tertiary/aromatic N) is 3. The molecule has 0 atom stereocenters. The van der Waals surface area contributed by atoms with E-state index < -0.39 is 5.82 Å². The number of methoxy groups -OCH3 is 1. The van der Waals surface area contributed by atoms with Gasteiger partial charge in [-0.1, -0.05) is 12.1 Å². The van der Waals surface area contributed by atoms with Crippen molar-refractivity contribution in [1.29, 1.82) is 0 Å². The molecule has 5 rings (SSSR count). The molecule has 186 valence electrons. The number of anilines is 5. The molecule has 2 aromatic carbocycles. The van der Waals surface area contributed by atoms with Crippen LogP contribution >= 0.6 is 0 Å². The van der Waals surface area contributed by atoms with Gasteiger partial charge in [0.1, 0.15) is 12.4 Å². The Kier molecular flexibility index (Phi) is 6.56. The lowest BCUT2D eigenvalue weighted by molar-refractivity contribution is -0.114. The second-order valence-electron chi connectivity index (χ2n) is 8.94. The topological polar surface area (TPSA) is 88.6 Å². The Hall–Kier alpha value is -3.98. The summed E-state index contributed by atoms with van der Waals surface area (Å²) in [5.41, 5.74) is 3.47. The minimum Gasteiger partial charge on any atom is -0.491 e. The Morgan fingerprint density at radius 1 is 1.14 bits per heavy atom. The van der Waals surface area contributed by atoms with Crippen molar-refractivity contribution in [3.63, 3.8) is 0 Å². The fraction of sp³-hybridized carbons (Fsp3) is 0.296. The van der Waals surface area contributed by atoms with Crippen molar-refractivity contribution >= 4 is 34.7 Å². The van der Waals surface area contributed by atoms with E-state index in [0.29, 0.717) is 31.2 Å². The number of allylic oxidation sites excluding steroid dienone is 1. The minimum atomic E-state index is -0.580. The molecule has 1 aromatic heterocycles. The molecule has 1 spiro atoms. The predicted octanol–water partition coefficient (Wildman–Crippen LogP) is 5.08. The van der Waals surface area contributed by atoms with Gasteiger partial charge in [0.15, 0.2) is 11.6 Å². The lowest BCUT2D eigenvalue weighted by Crippen LogP contribution is -2.29. The largest absolute Gasteiger partial charge is 0.491 e. The third-order valence-electron chi connectivity index (χ3n) is 6.42. The van der Waals surface area contributed by atoms with Gasteiger partial charge < -0.3 is 25.0 Å². The molecule has 1 fully saturated rings. The lowest BCUT2D eigenvalue weighted by Gasteiger charge is -2.17. The van der Waals surface area contributed by atoms with E-state index in [1.165, 1.54) is 5.56 Å². The summed E-state index contributed by atoms with van der Waals surface area (Å²) in [6, 6.07) is 13.1. The van der Waals surface area contributed by atoms with Crippen molar-refractivity contribution in [2.75, 3.05) is 42.4 Å². The maximum Gasteiger partial charge on any atom is 0.250 e. The quantitative estimate of drug-likeness (QED) is 0.320. The highest BCUT2D eigenvalue weighted by Crippen LogP contribution is 2.57. The van der Waals surface area contributed by atoms with Crippen LogP contribution in [0.15, 0.2) is 60.8 Å². The molecule has 9 heteroatoms. The molecule has 1 saturated carbocycles. The molecule has 2 heterocycles. The Labute approximate surface area is 209 Å². The van der Waals surface area contributed by atoms with E-state index >= 15 is 0 Å². The maximum atomic E-state index is 14.6. The monoisotopic (exact) mass is 489 g/mol. The van der Waals surface area contributed by atoms with Crippen LogP contribution in [0, 0.1) is 5.82 Å². The highest BCUT2D eigenvalue weighted by molar-refractivity contribution is 6.04. The number of hydrogen-bond acceptors (Lipinski definition) is 7. The average molecular weight is 490 g/mol. The maximum absolute atomic E-state index is 14.6. The number of amides is 1.